The molecule has 138 valence electrons. The first-order chi connectivity index (χ1) is 12.4. The van der Waals surface area contributed by atoms with Gasteiger partial charge >= 0.3 is 0 Å². The minimum atomic E-state index is -0.230. The van der Waals surface area contributed by atoms with E-state index in [1.54, 1.807) is 24.3 Å². The van der Waals surface area contributed by atoms with E-state index in [0.717, 1.165) is 0 Å². The van der Waals surface area contributed by atoms with Gasteiger partial charge < -0.3 is 25.6 Å². The van der Waals surface area contributed by atoms with Crippen LogP contribution >= 0.6 is 0 Å². The van der Waals surface area contributed by atoms with Gasteiger partial charge in [0.15, 0.2) is 11.5 Å². The summed E-state index contributed by atoms with van der Waals surface area (Å²) in [4.78, 5) is 12.1. The molecule has 0 aromatic heterocycles. The topological polar surface area (TPSA) is 118 Å². The van der Waals surface area contributed by atoms with Gasteiger partial charge in [-0.3, -0.25) is 10.2 Å². The third kappa shape index (κ3) is 5.41. The SMILES string of the molecule is CC(C)Oc1ccc(C(=O)NCCOc2cc(C(=N)N)ccc2O)cc1. The fourth-order valence-corrected chi connectivity index (χ4v) is 2.18. The number of phenolic OH excluding ortho intramolecular Hbond substituents is 1. The lowest BCUT2D eigenvalue weighted by Gasteiger charge is -2.11. The van der Waals surface area contributed by atoms with Gasteiger partial charge in [0.1, 0.15) is 18.2 Å². The summed E-state index contributed by atoms with van der Waals surface area (Å²) >= 11 is 0. The molecule has 2 aromatic rings. The summed E-state index contributed by atoms with van der Waals surface area (Å²) in [7, 11) is 0. The van der Waals surface area contributed by atoms with Crippen LogP contribution in [0.1, 0.15) is 29.8 Å². The number of rotatable bonds is 8. The van der Waals surface area contributed by atoms with Gasteiger partial charge in [-0.05, 0) is 56.3 Å². The van der Waals surface area contributed by atoms with E-state index in [4.69, 9.17) is 20.6 Å². The van der Waals surface area contributed by atoms with E-state index in [0.29, 0.717) is 16.9 Å². The summed E-state index contributed by atoms with van der Waals surface area (Å²) in [5.41, 5.74) is 6.37. The summed E-state index contributed by atoms with van der Waals surface area (Å²) < 4.78 is 11.0. The van der Waals surface area contributed by atoms with Crippen LogP contribution in [0.4, 0.5) is 0 Å². The van der Waals surface area contributed by atoms with Crippen LogP contribution in [0.2, 0.25) is 0 Å². The molecular weight excluding hydrogens is 334 g/mol. The van der Waals surface area contributed by atoms with Gasteiger partial charge in [-0.25, -0.2) is 0 Å². The standard InChI is InChI=1S/C19H23N3O4/c1-12(2)26-15-6-3-13(4-7-15)19(24)22-9-10-25-17-11-14(18(20)21)5-8-16(17)23/h3-8,11-12,23H,9-10H2,1-2H3,(H3,20,21)(H,22,24). The van der Waals surface area contributed by atoms with Crippen LogP contribution < -0.4 is 20.5 Å². The van der Waals surface area contributed by atoms with E-state index < -0.39 is 0 Å². The Bertz CT molecular complexity index is 773. The Morgan fingerprint density at radius 1 is 1.19 bits per heavy atom. The number of nitrogen functional groups attached to an aromatic ring is 1. The Morgan fingerprint density at radius 2 is 1.85 bits per heavy atom. The number of nitrogens with one attached hydrogen (secondary N) is 2. The van der Waals surface area contributed by atoms with Crippen molar-refractivity contribution in [3.05, 3.63) is 53.6 Å². The highest BCUT2D eigenvalue weighted by atomic mass is 16.5. The fraction of sp³-hybridized carbons (Fsp3) is 0.263. The summed E-state index contributed by atoms with van der Waals surface area (Å²) in [6.07, 6.45) is 0.0738. The van der Waals surface area contributed by atoms with Crippen molar-refractivity contribution in [3.8, 4) is 17.2 Å². The second-order valence-corrected chi connectivity index (χ2v) is 5.89. The zero-order valence-electron chi connectivity index (χ0n) is 14.8. The maximum Gasteiger partial charge on any atom is 0.251 e. The maximum atomic E-state index is 12.1. The van der Waals surface area contributed by atoms with Crippen molar-refractivity contribution in [2.75, 3.05) is 13.2 Å². The lowest BCUT2D eigenvalue weighted by Crippen LogP contribution is -2.28. The number of hydrogen-bond acceptors (Lipinski definition) is 5. The molecule has 5 N–H and O–H groups in total. The molecule has 0 bridgehead atoms. The van der Waals surface area contributed by atoms with Crippen molar-refractivity contribution in [2.24, 2.45) is 5.73 Å². The van der Waals surface area contributed by atoms with E-state index >= 15 is 0 Å². The average Bonchev–Trinajstić information content (AvgIpc) is 2.59. The second-order valence-electron chi connectivity index (χ2n) is 5.89. The molecule has 0 atom stereocenters. The minimum Gasteiger partial charge on any atom is -0.504 e. The molecule has 1 amide bonds. The Morgan fingerprint density at radius 3 is 2.46 bits per heavy atom. The number of aromatic hydroxyl groups is 1. The van der Waals surface area contributed by atoms with Crippen molar-refractivity contribution in [1.29, 1.82) is 5.41 Å². The number of benzene rings is 2. The Kier molecular flexibility index (Phi) is 6.43. The van der Waals surface area contributed by atoms with Crippen molar-refractivity contribution in [3.63, 3.8) is 0 Å². The van der Waals surface area contributed by atoms with E-state index in [1.165, 1.54) is 18.2 Å². The largest absolute Gasteiger partial charge is 0.504 e. The van der Waals surface area contributed by atoms with E-state index in [2.05, 4.69) is 5.32 Å². The summed E-state index contributed by atoms with van der Waals surface area (Å²) in [6, 6.07) is 11.3. The molecule has 2 aromatic carbocycles. The van der Waals surface area contributed by atoms with Crippen molar-refractivity contribution >= 4 is 11.7 Å². The first-order valence-corrected chi connectivity index (χ1v) is 8.22. The van der Waals surface area contributed by atoms with Crippen LogP contribution in [0.25, 0.3) is 0 Å². The number of carbonyl (C=O) groups excluding carboxylic acids is 1. The van der Waals surface area contributed by atoms with Crippen LogP contribution in [0.3, 0.4) is 0 Å². The number of hydrogen-bond donors (Lipinski definition) is 4. The maximum absolute atomic E-state index is 12.1. The van der Waals surface area contributed by atoms with Gasteiger partial charge in [0, 0.05) is 11.1 Å². The molecule has 0 unspecified atom stereocenters. The molecule has 0 aliphatic carbocycles. The molecule has 0 saturated heterocycles. The van der Waals surface area contributed by atoms with Crippen LogP contribution in [-0.4, -0.2) is 36.1 Å². The van der Waals surface area contributed by atoms with E-state index in [-0.39, 0.29) is 42.5 Å². The third-order valence-electron chi connectivity index (χ3n) is 3.40. The van der Waals surface area contributed by atoms with Gasteiger partial charge in [-0.15, -0.1) is 0 Å². The quantitative estimate of drug-likeness (QED) is 0.328. The van der Waals surface area contributed by atoms with Gasteiger partial charge in [0.25, 0.3) is 5.91 Å². The van der Waals surface area contributed by atoms with Gasteiger partial charge in [0.05, 0.1) is 12.6 Å². The van der Waals surface area contributed by atoms with Crippen LogP contribution in [0.5, 0.6) is 17.2 Å². The monoisotopic (exact) mass is 357 g/mol. The number of carbonyl (C=O) groups is 1. The number of amides is 1. The molecule has 0 saturated carbocycles. The molecule has 0 heterocycles. The van der Waals surface area contributed by atoms with Gasteiger partial charge in [-0.2, -0.15) is 0 Å². The van der Waals surface area contributed by atoms with Crippen molar-refractivity contribution < 1.29 is 19.4 Å². The molecule has 7 nitrogen and oxygen atoms in total. The molecular formula is C19H23N3O4. The number of nitrogens with two attached hydrogens (primary N) is 1. The molecule has 0 aliphatic rings. The van der Waals surface area contributed by atoms with Crippen molar-refractivity contribution in [2.45, 2.75) is 20.0 Å². The van der Waals surface area contributed by atoms with E-state index in [9.17, 15) is 9.90 Å². The van der Waals surface area contributed by atoms with Crippen LogP contribution in [0.15, 0.2) is 42.5 Å². The smallest absolute Gasteiger partial charge is 0.251 e. The van der Waals surface area contributed by atoms with Crippen LogP contribution in [0, 0.1) is 5.41 Å². The minimum absolute atomic E-state index is 0.0536. The lowest BCUT2D eigenvalue weighted by atomic mass is 10.2. The molecule has 7 heteroatoms. The summed E-state index contributed by atoms with van der Waals surface area (Å²) in [6.45, 7) is 4.29. The number of phenols is 1. The molecule has 0 fully saturated rings. The van der Waals surface area contributed by atoms with Crippen LogP contribution in [-0.2, 0) is 0 Å². The highest BCUT2D eigenvalue weighted by Gasteiger charge is 2.08. The Hall–Kier alpha value is -3.22. The third-order valence-corrected chi connectivity index (χ3v) is 3.40. The predicted molar refractivity (Wildman–Crippen MR) is 99.2 cm³/mol. The lowest BCUT2D eigenvalue weighted by molar-refractivity contribution is 0.0947. The Balaban J connectivity index is 1.83. The second kappa shape index (κ2) is 8.75. The zero-order valence-corrected chi connectivity index (χ0v) is 14.8. The highest BCUT2D eigenvalue weighted by molar-refractivity contribution is 5.95. The van der Waals surface area contributed by atoms with Gasteiger partial charge in [-0.1, -0.05) is 0 Å². The predicted octanol–water partition coefficient (Wildman–Crippen LogP) is 2.27. The summed E-state index contributed by atoms with van der Waals surface area (Å²) in [5.74, 6) is 0.518. The van der Waals surface area contributed by atoms with Gasteiger partial charge in [0.2, 0.25) is 0 Å². The number of ether oxygens (including phenoxy) is 2. The molecule has 0 spiro atoms. The highest BCUT2D eigenvalue weighted by Crippen LogP contribution is 2.26. The molecule has 2 rings (SSSR count). The summed E-state index contributed by atoms with van der Waals surface area (Å²) in [5, 5.41) is 19.9. The molecule has 0 radical (unpaired) electrons. The average molecular weight is 357 g/mol. The van der Waals surface area contributed by atoms with E-state index in [1.807, 2.05) is 13.8 Å². The first-order valence-electron chi connectivity index (χ1n) is 8.22. The van der Waals surface area contributed by atoms with Crippen molar-refractivity contribution in [1.82, 2.24) is 5.32 Å². The fourth-order valence-electron chi connectivity index (χ4n) is 2.18. The zero-order chi connectivity index (χ0) is 19.1. The first kappa shape index (κ1) is 19.1. The number of amidine groups is 1. The molecule has 0 aliphatic heterocycles. The normalized spacial score (nSPS) is 10.4. The Labute approximate surface area is 152 Å². The molecule has 26 heavy (non-hydrogen) atoms.